The first kappa shape index (κ1) is 15.1. The van der Waals surface area contributed by atoms with E-state index in [1.807, 2.05) is 30.3 Å². The summed E-state index contributed by atoms with van der Waals surface area (Å²) in [7, 11) is 0. The number of benzene rings is 1. The highest BCUT2D eigenvalue weighted by molar-refractivity contribution is 5.13. The molecule has 4 nitrogen and oxygen atoms in total. The zero-order valence-corrected chi connectivity index (χ0v) is 10.7. The van der Waals surface area contributed by atoms with E-state index in [1.165, 1.54) is 0 Å². The summed E-state index contributed by atoms with van der Waals surface area (Å²) < 4.78 is 5.43. The Morgan fingerprint density at radius 2 is 1.94 bits per heavy atom. The van der Waals surface area contributed by atoms with Crippen molar-refractivity contribution in [1.29, 1.82) is 0 Å². The van der Waals surface area contributed by atoms with Crippen LogP contribution in [0.4, 0.5) is 0 Å². The molecule has 1 aromatic rings. The van der Waals surface area contributed by atoms with Crippen molar-refractivity contribution in [3.8, 4) is 0 Å². The van der Waals surface area contributed by atoms with E-state index in [2.05, 4.69) is 5.32 Å². The largest absolute Gasteiger partial charge is 0.396 e. The molecule has 1 rings (SSSR count). The topological polar surface area (TPSA) is 61.7 Å². The summed E-state index contributed by atoms with van der Waals surface area (Å²) >= 11 is 0. The van der Waals surface area contributed by atoms with Gasteiger partial charge in [0.05, 0.1) is 19.3 Å². The summed E-state index contributed by atoms with van der Waals surface area (Å²) in [6.45, 7) is 2.44. The molecule has 0 aliphatic rings. The minimum Gasteiger partial charge on any atom is -0.396 e. The van der Waals surface area contributed by atoms with Crippen LogP contribution in [0.15, 0.2) is 30.3 Å². The SMILES string of the molecule is OCCCCNCC(O)COCc1ccccc1. The van der Waals surface area contributed by atoms with Gasteiger partial charge in [-0.15, -0.1) is 0 Å². The summed E-state index contributed by atoms with van der Waals surface area (Å²) in [5.41, 5.74) is 1.11. The first-order valence-electron chi connectivity index (χ1n) is 6.44. The van der Waals surface area contributed by atoms with Crippen molar-refractivity contribution in [2.75, 3.05) is 26.3 Å². The molecule has 0 aromatic heterocycles. The van der Waals surface area contributed by atoms with Gasteiger partial charge in [0, 0.05) is 13.2 Å². The molecule has 0 fully saturated rings. The number of hydrogen-bond acceptors (Lipinski definition) is 4. The maximum Gasteiger partial charge on any atom is 0.0897 e. The third kappa shape index (κ3) is 7.40. The van der Waals surface area contributed by atoms with Gasteiger partial charge in [-0.25, -0.2) is 0 Å². The summed E-state index contributed by atoms with van der Waals surface area (Å²) in [5.74, 6) is 0. The van der Waals surface area contributed by atoms with Crippen molar-refractivity contribution in [1.82, 2.24) is 5.32 Å². The Morgan fingerprint density at radius 3 is 2.67 bits per heavy atom. The van der Waals surface area contributed by atoms with Crippen LogP contribution in [0.2, 0.25) is 0 Å². The predicted octanol–water partition coefficient (Wildman–Crippen LogP) is 0.926. The minimum atomic E-state index is -0.483. The minimum absolute atomic E-state index is 0.227. The molecule has 1 atom stereocenters. The lowest BCUT2D eigenvalue weighted by Crippen LogP contribution is -2.31. The molecule has 3 N–H and O–H groups in total. The highest BCUT2D eigenvalue weighted by Crippen LogP contribution is 2.00. The molecule has 0 spiro atoms. The molecule has 102 valence electrons. The average molecular weight is 253 g/mol. The molecule has 1 unspecified atom stereocenters. The quantitative estimate of drug-likeness (QED) is 0.543. The van der Waals surface area contributed by atoms with Crippen LogP contribution < -0.4 is 5.32 Å². The molecule has 4 heteroatoms. The van der Waals surface area contributed by atoms with E-state index in [4.69, 9.17) is 9.84 Å². The lowest BCUT2D eigenvalue weighted by molar-refractivity contribution is 0.0289. The molecule has 0 heterocycles. The van der Waals surface area contributed by atoms with Crippen molar-refractivity contribution < 1.29 is 14.9 Å². The molecule has 0 radical (unpaired) electrons. The summed E-state index contributed by atoms with van der Waals surface area (Å²) in [6.07, 6.45) is 1.24. The third-order valence-electron chi connectivity index (χ3n) is 2.56. The van der Waals surface area contributed by atoms with Gasteiger partial charge in [0.25, 0.3) is 0 Å². The van der Waals surface area contributed by atoms with E-state index >= 15 is 0 Å². The number of hydrogen-bond donors (Lipinski definition) is 3. The Bertz CT molecular complexity index is 292. The molecular formula is C14H23NO3. The van der Waals surface area contributed by atoms with E-state index in [1.54, 1.807) is 0 Å². The van der Waals surface area contributed by atoms with Gasteiger partial charge in [-0.3, -0.25) is 0 Å². The van der Waals surface area contributed by atoms with Crippen molar-refractivity contribution in [3.63, 3.8) is 0 Å². The maximum absolute atomic E-state index is 9.65. The maximum atomic E-state index is 9.65. The van der Waals surface area contributed by atoms with Gasteiger partial charge in [0.2, 0.25) is 0 Å². The van der Waals surface area contributed by atoms with Gasteiger partial charge >= 0.3 is 0 Å². The smallest absolute Gasteiger partial charge is 0.0897 e. The fourth-order valence-corrected chi connectivity index (χ4v) is 1.58. The van der Waals surface area contributed by atoms with E-state index in [0.29, 0.717) is 19.8 Å². The van der Waals surface area contributed by atoms with Gasteiger partial charge in [-0.05, 0) is 24.9 Å². The Labute approximate surface area is 109 Å². The lowest BCUT2D eigenvalue weighted by atomic mass is 10.2. The van der Waals surface area contributed by atoms with E-state index in [0.717, 1.165) is 24.9 Å². The Kier molecular flexibility index (Phi) is 8.42. The molecule has 0 aliphatic carbocycles. The second-order valence-electron chi connectivity index (χ2n) is 4.29. The Hall–Kier alpha value is -0.940. The van der Waals surface area contributed by atoms with Crippen LogP contribution in [0.3, 0.4) is 0 Å². The summed E-state index contributed by atoms with van der Waals surface area (Å²) in [6, 6.07) is 9.91. The van der Waals surface area contributed by atoms with Gasteiger partial charge in [0.15, 0.2) is 0 Å². The van der Waals surface area contributed by atoms with E-state index in [9.17, 15) is 5.11 Å². The van der Waals surface area contributed by atoms with Crippen LogP contribution in [0.5, 0.6) is 0 Å². The van der Waals surface area contributed by atoms with Crippen molar-refractivity contribution in [2.45, 2.75) is 25.6 Å². The Balaban J connectivity index is 1.98. The third-order valence-corrected chi connectivity index (χ3v) is 2.56. The Morgan fingerprint density at radius 1 is 1.17 bits per heavy atom. The first-order valence-corrected chi connectivity index (χ1v) is 6.44. The van der Waals surface area contributed by atoms with Crippen LogP contribution in [-0.4, -0.2) is 42.6 Å². The zero-order valence-electron chi connectivity index (χ0n) is 10.7. The fraction of sp³-hybridized carbons (Fsp3) is 0.571. The highest BCUT2D eigenvalue weighted by atomic mass is 16.5. The number of rotatable bonds is 10. The number of unbranched alkanes of at least 4 members (excludes halogenated alkanes) is 1. The monoisotopic (exact) mass is 253 g/mol. The van der Waals surface area contributed by atoms with Gasteiger partial charge in [-0.2, -0.15) is 0 Å². The number of ether oxygens (including phenoxy) is 1. The molecule has 0 aliphatic heterocycles. The second kappa shape index (κ2) is 10.0. The second-order valence-corrected chi connectivity index (χ2v) is 4.29. The van der Waals surface area contributed by atoms with Gasteiger partial charge in [0.1, 0.15) is 0 Å². The summed E-state index contributed by atoms with van der Waals surface area (Å²) in [4.78, 5) is 0. The lowest BCUT2D eigenvalue weighted by Gasteiger charge is -2.12. The normalized spacial score (nSPS) is 12.6. The number of aliphatic hydroxyl groups excluding tert-OH is 2. The number of aliphatic hydroxyl groups is 2. The van der Waals surface area contributed by atoms with Gasteiger partial charge in [-0.1, -0.05) is 30.3 Å². The standard InChI is InChI=1S/C14H23NO3/c16-9-5-4-8-15-10-14(17)12-18-11-13-6-2-1-3-7-13/h1-3,6-7,14-17H,4-5,8-12H2. The van der Waals surface area contributed by atoms with E-state index < -0.39 is 6.10 Å². The summed E-state index contributed by atoms with van der Waals surface area (Å²) in [5, 5.41) is 21.4. The zero-order chi connectivity index (χ0) is 13.1. The van der Waals surface area contributed by atoms with Crippen molar-refractivity contribution >= 4 is 0 Å². The molecule has 0 bridgehead atoms. The molecule has 1 aromatic carbocycles. The predicted molar refractivity (Wildman–Crippen MR) is 71.3 cm³/mol. The van der Waals surface area contributed by atoms with Crippen LogP contribution in [0, 0.1) is 0 Å². The highest BCUT2D eigenvalue weighted by Gasteiger charge is 2.03. The van der Waals surface area contributed by atoms with Crippen LogP contribution in [-0.2, 0) is 11.3 Å². The van der Waals surface area contributed by atoms with E-state index in [-0.39, 0.29) is 6.61 Å². The van der Waals surface area contributed by atoms with Crippen molar-refractivity contribution in [3.05, 3.63) is 35.9 Å². The molecular weight excluding hydrogens is 230 g/mol. The molecule has 18 heavy (non-hydrogen) atoms. The molecule has 0 amide bonds. The molecule has 0 saturated heterocycles. The molecule has 0 saturated carbocycles. The number of nitrogens with one attached hydrogen (secondary N) is 1. The van der Waals surface area contributed by atoms with Crippen LogP contribution in [0.25, 0.3) is 0 Å². The average Bonchev–Trinajstić information content (AvgIpc) is 2.40. The van der Waals surface area contributed by atoms with Crippen LogP contribution >= 0.6 is 0 Å². The first-order chi connectivity index (χ1) is 8.83. The fourth-order valence-electron chi connectivity index (χ4n) is 1.58. The van der Waals surface area contributed by atoms with Crippen molar-refractivity contribution in [2.24, 2.45) is 0 Å². The van der Waals surface area contributed by atoms with Crippen LogP contribution in [0.1, 0.15) is 18.4 Å². The van der Waals surface area contributed by atoms with Gasteiger partial charge < -0.3 is 20.3 Å².